The first-order valence-corrected chi connectivity index (χ1v) is 8.36. The molecule has 0 aliphatic heterocycles. The topological polar surface area (TPSA) is 144 Å². The number of carbonyl (C=O) groups is 2. The lowest BCUT2D eigenvalue weighted by Crippen LogP contribution is -2.56. The summed E-state index contributed by atoms with van der Waals surface area (Å²) < 4.78 is 11.1. The highest BCUT2D eigenvalue weighted by Gasteiger charge is 2.33. The van der Waals surface area contributed by atoms with E-state index in [-0.39, 0.29) is 69.5 Å². The molecular weight excluding hydrogens is 344 g/mol. The minimum Gasteiger partial charge on any atom is -0.494 e. The van der Waals surface area contributed by atoms with Gasteiger partial charge in [-0.1, -0.05) is 6.92 Å². The molecule has 10 heteroatoms. The van der Waals surface area contributed by atoms with E-state index in [0.717, 1.165) is 0 Å². The third-order valence-electron chi connectivity index (χ3n) is 3.75. The Labute approximate surface area is 154 Å². The summed E-state index contributed by atoms with van der Waals surface area (Å²) in [4.78, 5) is 27.6. The van der Waals surface area contributed by atoms with Gasteiger partial charge in [-0.2, -0.15) is 0 Å². The van der Waals surface area contributed by atoms with Crippen molar-refractivity contribution >= 4 is 11.8 Å². The standard InChI is InChI=1S/C16H32N4O6/c1-12(9-26-20-13(2)21)16(17,10-24-7-5-14(22)18-3)11-25-8-6-15(23)19-4/h12,20-21H,2,5-11,17H2,1,3-4H3,(H,18,22)(H,19,23). The number of carbonyl (C=O) groups excluding carboxylic acids is 2. The molecule has 26 heavy (non-hydrogen) atoms. The Morgan fingerprint density at radius 2 is 1.58 bits per heavy atom. The molecule has 0 saturated carbocycles. The van der Waals surface area contributed by atoms with Crippen molar-refractivity contribution in [1.82, 2.24) is 16.1 Å². The van der Waals surface area contributed by atoms with E-state index in [9.17, 15) is 9.59 Å². The quantitative estimate of drug-likeness (QED) is 0.142. The average molecular weight is 376 g/mol. The molecule has 0 aromatic rings. The minimum absolute atomic E-state index is 0.128. The number of hydrogen-bond acceptors (Lipinski definition) is 8. The van der Waals surface area contributed by atoms with Crippen molar-refractivity contribution in [1.29, 1.82) is 0 Å². The number of nitrogens with one attached hydrogen (secondary N) is 3. The fraction of sp³-hybridized carbons (Fsp3) is 0.750. The van der Waals surface area contributed by atoms with Crippen molar-refractivity contribution in [2.24, 2.45) is 11.7 Å². The van der Waals surface area contributed by atoms with Gasteiger partial charge in [-0.05, 0) is 6.58 Å². The minimum atomic E-state index is -0.913. The molecule has 1 atom stereocenters. The summed E-state index contributed by atoms with van der Waals surface area (Å²) in [5, 5.41) is 14.0. The highest BCUT2D eigenvalue weighted by molar-refractivity contribution is 5.75. The van der Waals surface area contributed by atoms with E-state index in [1.807, 2.05) is 6.92 Å². The lowest BCUT2D eigenvalue weighted by atomic mass is 9.88. The van der Waals surface area contributed by atoms with Crippen molar-refractivity contribution < 1.29 is 29.0 Å². The fourth-order valence-electron chi connectivity index (χ4n) is 1.85. The summed E-state index contributed by atoms with van der Waals surface area (Å²) in [6.07, 6.45) is 0.446. The molecule has 0 spiro atoms. The first kappa shape index (κ1) is 24.1. The van der Waals surface area contributed by atoms with Crippen LogP contribution in [0.2, 0.25) is 0 Å². The second kappa shape index (κ2) is 13.3. The molecule has 0 aliphatic rings. The van der Waals surface area contributed by atoms with Crippen LogP contribution in [0.5, 0.6) is 0 Å². The summed E-state index contributed by atoms with van der Waals surface area (Å²) in [5.74, 6) is -0.800. The Kier molecular flexibility index (Phi) is 12.4. The van der Waals surface area contributed by atoms with Crippen LogP contribution in [0.3, 0.4) is 0 Å². The Morgan fingerprint density at radius 3 is 1.96 bits per heavy atom. The molecule has 0 radical (unpaired) electrons. The van der Waals surface area contributed by atoms with E-state index in [1.54, 1.807) is 14.1 Å². The molecule has 0 heterocycles. The zero-order valence-electron chi connectivity index (χ0n) is 15.8. The normalized spacial score (nSPS) is 12.3. The van der Waals surface area contributed by atoms with Crippen LogP contribution in [0.15, 0.2) is 12.5 Å². The Bertz CT molecular complexity index is 422. The van der Waals surface area contributed by atoms with Crippen LogP contribution in [-0.4, -0.2) is 69.6 Å². The van der Waals surface area contributed by atoms with Gasteiger partial charge in [-0.25, -0.2) is 5.48 Å². The van der Waals surface area contributed by atoms with Crippen molar-refractivity contribution in [3.63, 3.8) is 0 Å². The summed E-state index contributed by atoms with van der Waals surface area (Å²) in [7, 11) is 3.11. The molecule has 1 unspecified atom stereocenters. The second-order valence-corrected chi connectivity index (χ2v) is 5.95. The van der Waals surface area contributed by atoms with Gasteiger partial charge in [0.25, 0.3) is 0 Å². The van der Waals surface area contributed by atoms with Crippen LogP contribution in [-0.2, 0) is 23.9 Å². The lowest BCUT2D eigenvalue weighted by molar-refractivity contribution is -0.122. The smallest absolute Gasteiger partial charge is 0.222 e. The maximum Gasteiger partial charge on any atom is 0.222 e. The molecule has 0 bridgehead atoms. The van der Waals surface area contributed by atoms with Gasteiger partial charge < -0.3 is 30.9 Å². The summed E-state index contributed by atoms with van der Waals surface area (Å²) in [5.41, 5.74) is 7.75. The maximum absolute atomic E-state index is 11.2. The predicted molar refractivity (Wildman–Crippen MR) is 95.9 cm³/mol. The van der Waals surface area contributed by atoms with Gasteiger partial charge in [0.2, 0.25) is 17.7 Å². The van der Waals surface area contributed by atoms with Crippen LogP contribution >= 0.6 is 0 Å². The highest BCUT2D eigenvalue weighted by Crippen LogP contribution is 2.17. The fourth-order valence-corrected chi connectivity index (χ4v) is 1.85. The molecule has 0 aliphatic carbocycles. The Balaban J connectivity index is 4.54. The number of rotatable bonds is 15. The molecule has 2 amide bonds. The molecule has 0 saturated heterocycles. The molecule has 0 aromatic carbocycles. The van der Waals surface area contributed by atoms with Crippen molar-refractivity contribution in [3.05, 3.63) is 12.5 Å². The summed E-state index contributed by atoms with van der Waals surface area (Å²) in [6, 6.07) is 0. The van der Waals surface area contributed by atoms with E-state index in [1.165, 1.54) is 0 Å². The van der Waals surface area contributed by atoms with E-state index in [0.29, 0.717) is 0 Å². The molecule has 6 N–H and O–H groups in total. The molecule has 0 rings (SSSR count). The van der Waals surface area contributed by atoms with Crippen molar-refractivity contribution in [3.8, 4) is 0 Å². The van der Waals surface area contributed by atoms with E-state index in [2.05, 4.69) is 22.7 Å². The largest absolute Gasteiger partial charge is 0.494 e. The maximum atomic E-state index is 11.2. The Morgan fingerprint density at radius 1 is 1.12 bits per heavy atom. The van der Waals surface area contributed by atoms with Crippen LogP contribution in [0, 0.1) is 5.92 Å². The van der Waals surface area contributed by atoms with Gasteiger partial charge in [0.05, 0.1) is 38.6 Å². The van der Waals surface area contributed by atoms with Gasteiger partial charge in [-0.3, -0.25) is 14.4 Å². The molecular formula is C16H32N4O6. The Hall–Kier alpha value is -1.88. The number of amides is 2. The predicted octanol–water partition coefficient (Wildman–Crippen LogP) is -0.824. The molecule has 152 valence electrons. The van der Waals surface area contributed by atoms with Gasteiger partial charge in [-0.15, -0.1) is 0 Å². The van der Waals surface area contributed by atoms with E-state index < -0.39 is 5.54 Å². The number of ether oxygens (including phenoxy) is 2. The number of nitrogens with two attached hydrogens (primary N) is 1. The number of hydrogen-bond donors (Lipinski definition) is 5. The van der Waals surface area contributed by atoms with Gasteiger partial charge >= 0.3 is 0 Å². The van der Waals surface area contributed by atoms with Crippen molar-refractivity contribution in [2.45, 2.75) is 25.3 Å². The number of aliphatic hydroxyl groups excluding tert-OH is 1. The number of hydroxylamine groups is 1. The average Bonchev–Trinajstić information content (AvgIpc) is 2.61. The summed E-state index contributed by atoms with van der Waals surface area (Å²) in [6.45, 7) is 5.95. The van der Waals surface area contributed by atoms with Gasteiger partial charge in [0, 0.05) is 32.9 Å². The number of aliphatic hydroxyl groups is 1. The van der Waals surface area contributed by atoms with Crippen molar-refractivity contribution in [2.75, 3.05) is 47.1 Å². The third kappa shape index (κ3) is 10.9. The van der Waals surface area contributed by atoms with Gasteiger partial charge in [0.15, 0.2) is 0 Å². The van der Waals surface area contributed by atoms with Crippen LogP contribution in [0.4, 0.5) is 0 Å². The summed E-state index contributed by atoms with van der Waals surface area (Å²) >= 11 is 0. The van der Waals surface area contributed by atoms with Crippen LogP contribution in [0.1, 0.15) is 19.8 Å². The van der Waals surface area contributed by atoms with E-state index >= 15 is 0 Å². The van der Waals surface area contributed by atoms with Crippen LogP contribution < -0.4 is 21.8 Å². The lowest BCUT2D eigenvalue weighted by Gasteiger charge is -2.34. The first-order chi connectivity index (χ1) is 12.2. The van der Waals surface area contributed by atoms with Crippen LogP contribution in [0.25, 0.3) is 0 Å². The van der Waals surface area contributed by atoms with E-state index in [4.69, 9.17) is 25.2 Å². The SMILES string of the molecule is C=C(O)NOCC(C)C(N)(COCCC(=O)NC)COCCC(=O)NC. The molecule has 0 fully saturated rings. The molecule has 0 aromatic heterocycles. The van der Waals surface area contributed by atoms with Gasteiger partial charge in [0.1, 0.15) is 0 Å². The molecule has 10 nitrogen and oxygen atoms in total. The third-order valence-corrected chi connectivity index (χ3v) is 3.75. The highest BCUT2D eigenvalue weighted by atomic mass is 16.7. The zero-order valence-corrected chi connectivity index (χ0v) is 15.8. The first-order valence-electron chi connectivity index (χ1n) is 8.36. The zero-order chi connectivity index (χ0) is 20.0. The second-order valence-electron chi connectivity index (χ2n) is 5.95. The monoisotopic (exact) mass is 376 g/mol.